The summed E-state index contributed by atoms with van der Waals surface area (Å²) < 4.78 is 21.4. The highest BCUT2D eigenvalue weighted by Crippen LogP contribution is 2.28. The minimum Gasteiger partial charge on any atom is -0.497 e. The molecule has 2 aromatic carbocycles. The summed E-state index contributed by atoms with van der Waals surface area (Å²) in [5, 5.41) is 7.20. The molecule has 0 radical (unpaired) electrons. The molecular formula is C21H26ClN3O4. The smallest absolute Gasteiger partial charge is 0.264 e. The normalized spacial score (nSPS) is 10.3. The molecular weight excluding hydrogens is 394 g/mol. The number of nitrogens with one attached hydrogen (secondary N) is 1. The molecule has 29 heavy (non-hydrogen) atoms. The molecule has 0 aliphatic rings. The van der Waals surface area contributed by atoms with Crippen molar-refractivity contribution in [1.29, 1.82) is 0 Å². The van der Waals surface area contributed by atoms with E-state index >= 15 is 0 Å². The van der Waals surface area contributed by atoms with E-state index in [1.807, 2.05) is 30.3 Å². The Balaban J connectivity index is 0.00000300. The second kappa shape index (κ2) is 11.3. The Morgan fingerprint density at radius 1 is 0.966 bits per heavy atom. The summed E-state index contributed by atoms with van der Waals surface area (Å²) in [4.78, 5) is 4.12. The maximum absolute atomic E-state index is 5.73. The minimum absolute atomic E-state index is 0. The highest BCUT2D eigenvalue weighted by Gasteiger charge is 2.09. The van der Waals surface area contributed by atoms with Crippen molar-refractivity contribution in [3.63, 3.8) is 0 Å². The molecule has 3 rings (SSSR count). The Morgan fingerprint density at radius 2 is 1.72 bits per heavy atom. The lowest BCUT2D eigenvalue weighted by Gasteiger charge is -2.12. The van der Waals surface area contributed by atoms with Gasteiger partial charge in [-0.3, -0.25) is 0 Å². The van der Waals surface area contributed by atoms with E-state index in [4.69, 9.17) is 18.7 Å². The third-order valence-corrected chi connectivity index (χ3v) is 4.23. The van der Waals surface area contributed by atoms with Crippen LogP contribution in [0.3, 0.4) is 0 Å². The Kier molecular flexibility index (Phi) is 8.76. The summed E-state index contributed by atoms with van der Waals surface area (Å²) in [6.07, 6.45) is 0.950. The first-order valence-electron chi connectivity index (χ1n) is 9.10. The van der Waals surface area contributed by atoms with Crippen molar-refractivity contribution in [1.82, 2.24) is 15.5 Å². The molecule has 0 fully saturated rings. The second-order valence-electron chi connectivity index (χ2n) is 6.28. The van der Waals surface area contributed by atoms with Gasteiger partial charge < -0.3 is 24.1 Å². The molecule has 0 bridgehead atoms. The number of aryl methyl sites for hydroxylation is 1. The molecule has 1 aromatic heterocycles. The Morgan fingerprint density at radius 3 is 2.38 bits per heavy atom. The molecule has 0 aliphatic carbocycles. The third-order valence-electron chi connectivity index (χ3n) is 4.23. The van der Waals surface area contributed by atoms with Crippen LogP contribution in [0.2, 0.25) is 0 Å². The van der Waals surface area contributed by atoms with Gasteiger partial charge in [-0.1, -0.05) is 23.4 Å². The number of nitrogens with zero attached hydrogens (tertiary/aromatic N) is 2. The molecule has 0 saturated heterocycles. The van der Waals surface area contributed by atoms with Crippen LogP contribution in [0.4, 0.5) is 0 Å². The van der Waals surface area contributed by atoms with Gasteiger partial charge in [-0.25, -0.2) is 0 Å². The van der Waals surface area contributed by atoms with Gasteiger partial charge >= 0.3 is 0 Å². The van der Waals surface area contributed by atoms with Crippen molar-refractivity contribution in [2.45, 2.75) is 26.5 Å². The number of ether oxygens (including phenoxy) is 3. The molecule has 1 heterocycles. The Hall–Kier alpha value is -2.77. The number of methoxy groups -OCH3 is 2. The highest BCUT2D eigenvalue weighted by molar-refractivity contribution is 5.85. The summed E-state index contributed by atoms with van der Waals surface area (Å²) >= 11 is 0. The van der Waals surface area contributed by atoms with Gasteiger partial charge in [0.25, 0.3) is 5.89 Å². The number of halogens is 1. The van der Waals surface area contributed by atoms with E-state index in [0.29, 0.717) is 23.2 Å². The maximum atomic E-state index is 5.73. The maximum Gasteiger partial charge on any atom is 0.264 e. The van der Waals surface area contributed by atoms with E-state index in [-0.39, 0.29) is 19.0 Å². The van der Waals surface area contributed by atoms with Crippen LogP contribution in [0, 0.1) is 6.92 Å². The van der Waals surface area contributed by atoms with E-state index in [2.05, 4.69) is 27.6 Å². The van der Waals surface area contributed by atoms with Crippen LogP contribution in [-0.4, -0.2) is 30.9 Å². The zero-order valence-electron chi connectivity index (χ0n) is 16.8. The fourth-order valence-electron chi connectivity index (χ4n) is 2.74. The van der Waals surface area contributed by atoms with E-state index in [9.17, 15) is 0 Å². The molecule has 1 N–H and O–H groups in total. The van der Waals surface area contributed by atoms with Gasteiger partial charge in [-0.2, -0.15) is 4.98 Å². The number of aromatic nitrogens is 2. The van der Waals surface area contributed by atoms with Gasteiger partial charge in [0, 0.05) is 6.54 Å². The molecule has 0 atom stereocenters. The van der Waals surface area contributed by atoms with Crippen molar-refractivity contribution in [2.75, 3.05) is 20.8 Å². The quantitative estimate of drug-likeness (QED) is 0.501. The Bertz CT molecular complexity index is 884. The van der Waals surface area contributed by atoms with Crippen LogP contribution in [0.15, 0.2) is 47.0 Å². The van der Waals surface area contributed by atoms with Gasteiger partial charge in [0.2, 0.25) is 0 Å². The van der Waals surface area contributed by atoms with Crippen LogP contribution in [-0.2, 0) is 19.6 Å². The zero-order chi connectivity index (χ0) is 19.8. The van der Waals surface area contributed by atoms with Crippen LogP contribution in [0.1, 0.15) is 22.8 Å². The minimum atomic E-state index is 0. The summed E-state index contributed by atoms with van der Waals surface area (Å²) in [7, 11) is 3.30. The lowest BCUT2D eigenvalue weighted by Crippen LogP contribution is -2.16. The Labute approximate surface area is 176 Å². The summed E-state index contributed by atoms with van der Waals surface area (Å²) in [5.74, 6) is 3.21. The van der Waals surface area contributed by atoms with Crippen molar-refractivity contribution >= 4 is 12.4 Å². The van der Waals surface area contributed by atoms with E-state index in [1.165, 1.54) is 5.56 Å². The molecule has 3 aromatic rings. The first-order valence-corrected chi connectivity index (χ1v) is 9.10. The number of hydrogen-bond acceptors (Lipinski definition) is 7. The van der Waals surface area contributed by atoms with Crippen molar-refractivity contribution in [3.05, 3.63) is 65.3 Å². The molecule has 0 amide bonds. The molecule has 0 spiro atoms. The lowest BCUT2D eigenvalue weighted by atomic mass is 10.1. The lowest BCUT2D eigenvalue weighted by molar-refractivity contribution is 0.233. The highest BCUT2D eigenvalue weighted by atomic mass is 35.5. The monoisotopic (exact) mass is 419 g/mol. The standard InChI is InChI=1S/C21H25N3O4.ClH/c1-15-23-21(28-24-15)14-27-19-9-6-17(12-20(19)26-3)13-22-11-10-16-4-7-18(25-2)8-5-16;/h4-9,12,22H,10-11,13-14H2,1-3H3;1H. The van der Waals surface area contributed by atoms with Crippen molar-refractivity contribution in [3.8, 4) is 17.2 Å². The molecule has 0 unspecified atom stereocenters. The topological polar surface area (TPSA) is 78.6 Å². The second-order valence-corrected chi connectivity index (χ2v) is 6.28. The fraction of sp³-hybridized carbons (Fsp3) is 0.333. The van der Waals surface area contributed by atoms with Gasteiger partial charge in [0.05, 0.1) is 14.2 Å². The number of rotatable bonds is 10. The first kappa shape index (κ1) is 22.5. The van der Waals surface area contributed by atoms with E-state index in [1.54, 1.807) is 21.1 Å². The van der Waals surface area contributed by atoms with E-state index < -0.39 is 0 Å². The van der Waals surface area contributed by atoms with Gasteiger partial charge in [0.15, 0.2) is 23.9 Å². The summed E-state index contributed by atoms with van der Waals surface area (Å²) in [5.41, 5.74) is 2.39. The van der Waals surface area contributed by atoms with Crippen LogP contribution in [0.25, 0.3) is 0 Å². The summed E-state index contributed by atoms with van der Waals surface area (Å²) in [6.45, 7) is 3.60. The van der Waals surface area contributed by atoms with Crippen molar-refractivity contribution in [2.24, 2.45) is 0 Å². The zero-order valence-corrected chi connectivity index (χ0v) is 17.6. The van der Waals surface area contributed by atoms with Gasteiger partial charge in [-0.15, -0.1) is 12.4 Å². The third kappa shape index (κ3) is 6.66. The summed E-state index contributed by atoms with van der Waals surface area (Å²) in [6, 6.07) is 14.0. The fourth-order valence-corrected chi connectivity index (χ4v) is 2.74. The molecule has 7 nitrogen and oxygen atoms in total. The van der Waals surface area contributed by atoms with Crippen LogP contribution >= 0.6 is 12.4 Å². The average Bonchev–Trinajstić information content (AvgIpc) is 3.15. The largest absolute Gasteiger partial charge is 0.497 e. The molecule has 156 valence electrons. The van der Waals surface area contributed by atoms with Crippen LogP contribution < -0.4 is 19.5 Å². The molecule has 0 saturated carbocycles. The number of benzene rings is 2. The predicted molar refractivity (Wildman–Crippen MR) is 112 cm³/mol. The predicted octanol–water partition coefficient (Wildman–Crippen LogP) is 3.73. The SMILES string of the molecule is COc1ccc(CCNCc2ccc(OCc3nc(C)no3)c(OC)c2)cc1.Cl. The van der Waals surface area contributed by atoms with E-state index in [0.717, 1.165) is 30.8 Å². The average molecular weight is 420 g/mol. The van der Waals surface area contributed by atoms with Gasteiger partial charge in [-0.05, 0) is 55.3 Å². The van der Waals surface area contributed by atoms with Crippen molar-refractivity contribution < 1.29 is 18.7 Å². The first-order chi connectivity index (χ1) is 13.7. The van der Waals surface area contributed by atoms with Crippen LogP contribution in [0.5, 0.6) is 17.2 Å². The van der Waals surface area contributed by atoms with Gasteiger partial charge in [0.1, 0.15) is 5.75 Å². The molecule has 8 heteroatoms. The molecule has 0 aliphatic heterocycles. The number of hydrogen-bond donors (Lipinski definition) is 1.